The lowest BCUT2D eigenvalue weighted by molar-refractivity contribution is -0.0322. The molecule has 0 amide bonds. The molecule has 20 heavy (non-hydrogen) atoms. The van der Waals surface area contributed by atoms with Crippen LogP contribution < -0.4 is 0 Å². The maximum absolute atomic E-state index is 10.9. The van der Waals surface area contributed by atoms with Crippen LogP contribution in [0.25, 0.3) is 0 Å². The van der Waals surface area contributed by atoms with E-state index in [9.17, 15) is 5.11 Å². The van der Waals surface area contributed by atoms with E-state index in [1.54, 1.807) is 0 Å². The van der Waals surface area contributed by atoms with Gasteiger partial charge in [0.05, 0.1) is 6.10 Å². The Labute approximate surface area is 122 Å². The Morgan fingerprint density at radius 3 is 2.65 bits per heavy atom. The number of likely N-dealkylation sites (N-methyl/N-ethyl adjacent to an activating group) is 1. The number of imidazole rings is 1. The Bertz CT molecular complexity index is 408. The summed E-state index contributed by atoms with van der Waals surface area (Å²) >= 11 is 0. The van der Waals surface area contributed by atoms with E-state index in [-0.39, 0.29) is 11.6 Å². The van der Waals surface area contributed by atoms with E-state index in [0.717, 1.165) is 31.6 Å². The summed E-state index contributed by atoms with van der Waals surface area (Å²) in [6.07, 6.45) is 11.2. The van der Waals surface area contributed by atoms with E-state index in [0.29, 0.717) is 6.42 Å². The van der Waals surface area contributed by atoms with Crippen LogP contribution in [0.5, 0.6) is 0 Å². The van der Waals surface area contributed by atoms with E-state index in [1.165, 1.54) is 19.3 Å². The predicted molar refractivity (Wildman–Crippen MR) is 81.7 cm³/mol. The van der Waals surface area contributed by atoms with Crippen molar-refractivity contribution >= 4 is 0 Å². The minimum Gasteiger partial charge on any atom is -0.391 e. The fraction of sp³-hybridized carbons (Fsp3) is 0.812. The van der Waals surface area contributed by atoms with Gasteiger partial charge in [-0.05, 0) is 33.4 Å². The zero-order valence-electron chi connectivity index (χ0n) is 13.2. The molecule has 1 N–H and O–H groups in total. The molecule has 1 heterocycles. The van der Waals surface area contributed by atoms with Gasteiger partial charge in [-0.1, -0.05) is 26.2 Å². The number of aliphatic hydroxyl groups is 1. The molecule has 4 heteroatoms. The van der Waals surface area contributed by atoms with Crippen LogP contribution in [0.2, 0.25) is 0 Å². The van der Waals surface area contributed by atoms with E-state index in [4.69, 9.17) is 0 Å². The lowest BCUT2D eigenvalue weighted by Gasteiger charge is -2.46. The van der Waals surface area contributed by atoms with Crippen LogP contribution in [-0.4, -0.2) is 45.3 Å². The molecule has 0 saturated heterocycles. The van der Waals surface area contributed by atoms with Crippen LogP contribution in [0.15, 0.2) is 12.4 Å². The second-order valence-electron chi connectivity index (χ2n) is 6.32. The Balaban J connectivity index is 2.12. The van der Waals surface area contributed by atoms with Gasteiger partial charge in [0.15, 0.2) is 0 Å². The molecule has 114 valence electrons. The first kappa shape index (κ1) is 15.5. The smallest absolute Gasteiger partial charge is 0.111 e. The van der Waals surface area contributed by atoms with Crippen molar-refractivity contribution in [2.24, 2.45) is 0 Å². The van der Waals surface area contributed by atoms with Gasteiger partial charge in [0, 0.05) is 30.9 Å². The van der Waals surface area contributed by atoms with Crippen LogP contribution in [0.3, 0.4) is 0 Å². The third-order valence-electron chi connectivity index (χ3n) is 4.87. The number of aliphatic hydroxyl groups excluding tert-OH is 1. The molecule has 0 bridgehead atoms. The molecule has 1 fully saturated rings. The Kier molecular flexibility index (Phi) is 5.22. The molecule has 1 aliphatic carbocycles. The second-order valence-corrected chi connectivity index (χ2v) is 6.32. The SMILES string of the molecule is CCCn1ccnc1CC(O)C1(N(C)C)CCCCC1. The summed E-state index contributed by atoms with van der Waals surface area (Å²) in [5.74, 6) is 1.02. The van der Waals surface area contributed by atoms with Crippen molar-refractivity contribution in [1.29, 1.82) is 0 Å². The Morgan fingerprint density at radius 1 is 1.35 bits per heavy atom. The zero-order valence-corrected chi connectivity index (χ0v) is 13.2. The lowest BCUT2D eigenvalue weighted by Crippen LogP contribution is -2.55. The number of nitrogens with zero attached hydrogens (tertiary/aromatic N) is 3. The molecule has 0 aliphatic heterocycles. The molecular weight excluding hydrogens is 250 g/mol. The molecule has 4 nitrogen and oxygen atoms in total. The van der Waals surface area contributed by atoms with E-state index < -0.39 is 0 Å². The minimum absolute atomic E-state index is 0.0682. The van der Waals surface area contributed by atoms with Crippen LogP contribution in [-0.2, 0) is 13.0 Å². The minimum atomic E-state index is -0.337. The first-order valence-electron chi connectivity index (χ1n) is 7.95. The van der Waals surface area contributed by atoms with Gasteiger partial charge >= 0.3 is 0 Å². The molecule has 1 unspecified atom stereocenters. The zero-order chi connectivity index (χ0) is 14.6. The number of aryl methyl sites for hydroxylation is 1. The summed E-state index contributed by atoms with van der Waals surface area (Å²) in [5.41, 5.74) is -0.0682. The number of aromatic nitrogens is 2. The van der Waals surface area contributed by atoms with Gasteiger partial charge in [0.1, 0.15) is 5.82 Å². The Morgan fingerprint density at radius 2 is 2.05 bits per heavy atom. The topological polar surface area (TPSA) is 41.3 Å². The maximum atomic E-state index is 10.9. The highest BCUT2D eigenvalue weighted by Crippen LogP contribution is 2.36. The highest BCUT2D eigenvalue weighted by Gasteiger charge is 2.41. The predicted octanol–water partition coefficient (Wildman–Crippen LogP) is 2.46. The average molecular weight is 279 g/mol. The van der Waals surface area contributed by atoms with Gasteiger partial charge in [0.2, 0.25) is 0 Å². The normalized spacial score (nSPS) is 20.2. The van der Waals surface area contributed by atoms with Gasteiger partial charge in [-0.25, -0.2) is 4.98 Å². The quantitative estimate of drug-likeness (QED) is 0.869. The summed E-state index contributed by atoms with van der Waals surface area (Å²) in [4.78, 5) is 6.68. The third-order valence-corrected chi connectivity index (χ3v) is 4.87. The average Bonchev–Trinajstić information content (AvgIpc) is 2.87. The number of rotatable bonds is 6. The van der Waals surface area contributed by atoms with Crippen LogP contribution in [0.4, 0.5) is 0 Å². The molecule has 0 radical (unpaired) electrons. The maximum Gasteiger partial charge on any atom is 0.111 e. The van der Waals surface area contributed by atoms with Crippen molar-refractivity contribution in [3.05, 3.63) is 18.2 Å². The fourth-order valence-electron chi connectivity index (χ4n) is 3.58. The van der Waals surface area contributed by atoms with E-state index in [2.05, 4.69) is 35.5 Å². The van der Waals surface area contributed by atoms with Gasteiger partial charge in [-0.2, -0.15) is 0 Å². The van der Waals surface area contributed by atoms with Crippen molar-refractivity contribution in [1.82, 2.24) is 14.5 Å². The summed E-state index contributed by atoms with van der Waals surface area (Å²) in [6, 6.07) is 0. The summed E-state index contributed by atoms with van der Waals surface area (Å²) < 4.78 is 2.18. The van der Waals surface area contributed by atoms with E-state index >= 15 is 0 Å². The Hall–Kier alpha value is -0.870. The first-order valence-corrected chi connectivity index (χ1v) is 7.95. The molecular formula is C16H29N3O. The van der Waals surface area contributed by atoms with Gasteiger partial charge in [0.25, 0.3) is 0 Å². The first-order chi connectivity index (χ1) is 9.60. The lowest BCUT2D eigenvalue weighted by atomic mass is 9.75. The number of hydrogen-bond donors (Lipinski definition) is 1. The van der Waals surface area contributed by atoms with Crippen LogP contribution >= 0.6 is 0 Å². The highest BCUT2D eigenvalue weighted by atomic mass is 16.3. The largest absolute Gasteiger partial charge is 0.391 e. The summed E-state index contributed by atoms with van der Waals surface area (Å²) in [5, 5.41) is 10.9. The van der Waals surface area contributed by atoms with Crippen LogP contribution in [0, 0.1) is 0 Å². The number of hydrogen-bond acceptors (Lipinski definition) is 3. The molecule has 0 aromatic carbocycles. The van der Waals surface area contributed by atoms with Gasteiger partial charge in [-0.15, -0.1) is 0 Å². The highest BCUT2D eigenvalue weighted by molar-refractivity contribution is 5.03. The molecule has 1 atom stereocenters. The van der Waals surface area contributed by atoms with E-state index in [1.807, 2.05) is 12.4 Å². The summed E-state index contributed by atoms with van der Waals surface area (Å²) in [7, 11) is 4.21. The monoisotopic (exact) mass is 279 g/mol. The van der Waals surface area contributed by atoms with Crippen molar-refractivity contribution < 1.29 is 5.11 Å². The van der Waals surface area contributed by atoms with Crippen molar-refractivity contribution in [2.75, 3.05) is 14.1 Å². The third kappa shape index (κ3) is 3.07. The second kappa shape index (κ2) is 6.72. The molecule has 1 aromatic rings. The molecule has 2 rings (SSSR count). The van der Waals surface area contributed by atoms with Crippen LogP contribution in [0.1, 0.15) is 51.3 Å². The molecule has 1 aliphatic rings. The van der Waals surface area contributed by atoms with Crippen molar-refractivity contribution in [3.8, 4) is 0 Å². The molecule has 1 aromatic heterocycles. The molecule has 1 saturated carbocycles. The van der Waals surface area contributed by atoms with Crippen molar-refractivity contribution in [2.45, 2.75) is 70.1 Å². The molecule has 0 spiro atoms. The van der Waals surface area contributed by atoms with Gasteiger partial charge < -0.3 is 14.6 Å². The van der Waals surface area contributed by atoms with Gasteiger partial charge in [-0.3, -0.25) is 0 Å². The fourth-order valence-corrected chi connectivity index (χ4v) is 3.58. The summed E-state index contributed by atoms with van der Waals surface area (Å²) in [6.45, 7) is 3.15. The van der Waals surface area contributed by atoms with Crippen molar-refractivity contribution in [3.63, 3.8) is 0 Å². The standard InChI is InChI=1S/C16H29N3O/c1-4-11-19-12-10-17-15(19)13-14(20)16(18(2)3)8-6-5-7-9-16/h10,12,14,20H,4-9,11,13H2,1-3H3.